The van der Waals surface area contributed by atoms with Gasteiger partial charge in [-0.2, -0.15) is 0 Å². The standard InChI is InChI=1S/2C6H13NO.2ClH/c2*1-5-4-6(8)2-3-7-5;;/h2*5-8H,2-4H2,1H3;2*1H/t2*5-,6-;;/m10../s1. The first-order valence-electron chi connectivity index (χ1n) is 6.41. The molecule has 0 spiro atoms. The molecular weight excluding hydrogens is 275 g/mol. The van der Waals surface area contributed by atoms with Crippen molar-refractivity contribution in [2.45, 2.75) is 63.8 Å². The zero-order chi connectivity index (χ0) is 12.0. The van der Waals surface area contributed by atoms with Crippen LogP contribution in [0.25, 0.3) is 0 Å². The molecule has 0 saturated carbocycles. The molecule has 0 radical (unpaired) electrons. The highest BCUT2D eigenvalue weighted by Gasteiger charge is 2.14. The fourth-order valence-electron chi connectivity index (χ4n) is 2.21. The highest BCUT2D eigenvalue weighted by Crippen LogP contribution is 2.06. The Bertz CT molecular complexity index is 163. The SMILES string of the molecule is C[C@@H]1C[C@H](O)CCN1.C[C@H]1C[C@@H](O)CCN1.Cl.Cl. The molecular formula is C12H28Cl2N2O2. The van der Waals surface area contributed by atoms with Gasteiger partial charge in [0.2, 0.25) is 0 Å². The number of hydrogen-bond donors (Lipinski definition) is 4. The lowest BCUT2D eigenvalue weighted by Crippen LogP contribution is -2.37. The molecule has 2 aliphatic rings. The third kappa shape index (κ3) is 9.36. The number of halogens is 2. The van der Waals surface area contributed by atoms with Crippen LogP contribution in [0.1, 0.15) is 39.5 Å². The second-order valence-electron chi connectivity index (χ2n) is 5.07. The smallest absolute Gasteiger partial charge is 0.0567 e. The van der Waals surface area contributed by atoms with Gasteiger partial charge < -0.3 is 20.8 Å². The van der Waals surface area contributed by atoms with Crippen LogP contribution < -0.4 is 10.6 Å². The van der Waals surface area contributed by atoms with Gasteiger partial charge in [0.1, 0.15) is 0 Å². The molecule has 2 fully saturated rings. The van der Waals surface area contributed by atoms with Crippen LogP contribution in [-0.2, 0) is 0 Å². The second kappa shape index (κ2) is 11.3. The molecule has 2 heterocycles. The Hall–Kier alpha value is 0.420. The Morgan fingerprint density at radius 2 is 1.11 bits per heavy atom. The van der Waals surface area contributed by atoms with Gasteiger partial charge in [0.05, 0.1) is 12.2 Å². The Morgan fingerprint density at radius 3 is 1.28 bits per heavy atom. The molecule has 18 heavy (non-hydrogen) atoms. The van der Waals surface area contributed by atoms with E-state index in [1.807, 2.05) is 0 Å². The minimum absolute atomic E-state index is 0. The van der Waals surface area contributed by atoms with Gasteiger partial charge in [0.15, 0.2) is 0 Å². The zero-order valence-electron chi connectivity index (χ0n) is 11.3. The predicted octanol–water partition coefficient (Wildman–Crippen LogP) is 1.08. The van der Waals surface area contributed by atoms with Gasteiger partial charge in [-0.15, -0.1) is 24.8 Å². The Balaban J connectivity index is 0. The fraction of sp³-hybridized carbons (Fsp3) is 1.00. The maximum atomic E-state index is 9.04. The highest BCUT2D eigenvalue weighted by atomic mass is 35.5. The summed E-state index contributed by atoms with van der Waals surface area (Å²) in [5.41, 5.74) is 0. The summed E-state index contributed by atoms with van der Waals surface area (Å²) in [4.78, 5) is 0. The summed E-state index contributed by atoms with van der Waals surface area (Å²) >= 11 is 0. The summed E-state index contributed by atoms with van der Waals surface area (Å²) in [6.45, 7) is 6.15. The number of aliphatic hydroxyl groups is 2. The van der Waals surface area contributed by atoms with E-state index in [2.05, 4.69) is 24.5 Å². The van der Waals surface area contributed by atoms with Crippen LogP contribution in [0, 0.1) is 0 Å². The van der Waals surface area contributed by atoms with Crippen LogP contribution >= 0.6 is 24.8 Å². The van der Waals surface area contributed by atoms with Gasteiger partial charge in [0.25, 0.3) is 0 Å². The van der Waals surface area contributed by atoms with E-state index < -0.39 is 0 Å². The number of aliphatic hydroxyl groups excluding tert-OH is 2. The average Bonchev–Trinajstić information content (AvgIpc) is 2.17. The lowest BCUT2D eigenvalue weighted by Gasteiger charge is -2.23. The lowest BCUT2D eigenvalue weighted by atomic mass is 10.0. The van der Waals surface area contributed by atoms with E-state index in [-0.39, 0.29) is 37.0 Å². The minimum atomic E-state index is -0.0498. The van der Waals surface area contributed by atoms with Crippen molar-refractivity contribution < 1.29 is 10.2 Å². The molecule has 2 aliphatic heterocycles. The van der Waals surface area contributed by atoms with Crippen molar-refractivity contribution in [1.82, 2.24) is 10.6 Å². The van der Waals surface area contributed by atoms with E-state index in [1.165, 1.54) is 0 Å². The first-order valence-corrected chi connectivity index (χ1v) is 6.41. The Kier molecular flexibility index (Phi) is 13.0. The van der Waals surface area contributed by atoms with Crippen molar-refractivity contribution in [3.63, 3.8) is 0 Å². The third-order valence-corrected chi connectivity index (χ3v) is 3.19. The number of piperidine rings is 2. The summed E-state index contributed by atoms with van der Waals surface area (Å²) in [5.74, 6) is 0. The number of rotatable bonds is 0. The van der Waals surface area contributed by atoms with Gasteiger partial charge in [0, 0.05) is 12.1 Å². The molecule has 4 N–H and O–H groups in total. The van der Waals surface area contributed by atoms with Crippen LogP contribution in [0.15, 0.2) is 0 Å². The summed E-state index contributed by atoms with van der Waals surface area (Å²) < 4.78 is 0. The molecule has 4 atom stereocenters. The number of hydrogen-bond acceptors (Lipinski definition) is 4. The molecule has 0 unspecified atom stereocenters. The fourth-order valence-corrected chi connectivity index (χ4v) is 2.21. The largest absolute Gasteiger partial charge is 0.393 e. The first-order chi connectivity index (χ1) is 7.58. The van der Waals surface area contributed by atoms with E-state index in [4.69, 9.17) is 10.2 Å². The average molecular weight is 303 g/mol. The summed E-state index contributed by atoms with van der Waals surface area (Å²) in [5, 5.41) is 24.6. The van der Waals surface area contributed by atoms with Crippen molar-refractivity contribution in [3.05, 3.63) is 0 Å². The predicted molar refractivity (Wildman–Crippen MR) is 79.9 cm³/mol. The highest BCUT2D eigenvalue weighted by molar-refractivity contribution is 5.85. The molecule has 0 amide bonds. The molecule has 2 rings (SSSR count). The minimum Gasteiger partial charge on any atom is -0.393 e. The lowest BCUT2D eigenvalue weighted by molar-refractivity contribution is 0.120. The molecule has 0 aromatic rings. The summed E-state index contributed by atoms with van der Waals surface area (Å²) in [6, 6.07) is 1.03. The van der Waals surface area contributed by atoms with Gasteiger partial charge in [-0.05, 0) is 52.6 Å². The topological polar surface area (TPSA) is 64.5 Å². The Labute approximate surface area is 123 Å². The maximum absolute atomic E-state index is 9.04. The molecule has 4 nitrogen and oxygen atoms in total. The van der Waals surface area contributed by atoms with Crippen LogP contribution in [-0.4, -0.2) is 47.6 Å². The first kappa shape index (κ1) is 20.7. The molecule has 112 valence electrons. The second-order valence-corrected chi connectivity index (χ2v) is 5.07. The van der Waals surface area contributed by atoms with Crippen molar-refractivity contribution in [1.29, 1.82) is 0 Å². The molecule has 0 aromatic heterocycles. The van der Waals surface area contributed by atoms with E-state index in [9.17, 15) is 0 Å². The molecule has 2 saturated heterocycles. The molecule has 6 heteroatoms. The number of nitrogens with one attached hydrogen (secondary N) is 2. The van der Waals surface area contributed by atoms with Crippen molar-refractivity contribution in [2.24, 2.45) is 0 Å². The van der Waals surface area contributed by atoms with Crippen molar-refractivity contribution in [3.8, 4) is 0 Å². The summed E-state index contributed by atoms with van der Waals surface area (Å²) in [6.07, 6.45) is 3.58. The van der Waals surface area contributed by atoms with Gasteiger partial charge in [-0.3, -0.25) is 0 Å². The van der Waals surface area contributed by atoms with E-state index >= 15 is 0 Å². The maximum Gasteiger partial charge on any atom is 0.0567 e. The zero-order valence-corrected chi connectivity index (χ0v) is 12.9. The van der Waals surface area contributed by atoms with Crippen molar-refractivity contribution >= 4 is 24.8 Å². The van der Waals surface area contributed by atoms with E-state index in [0.29, 0.717) is 12.1 Å². The van der Waals surface area contributed by atoms with Crippen molar-refractivity contribution in [2.75, 3.05) is 13.1 Å². The quantitative estimate of drug-likeness (QED) is 0.541. The third-order valence-electron chi connectivity index (χ3n) is 3.19. The Morgan fingerprint density at radius 1 is 0.778 bits per heavy atom. The van der Waals surface area contributed by atoms with Gasteiger partial charge >= 0.3 is 0 Å². The monoisotopic (exact) mass is 302 g/mol. The molecule has 0 bridgehead atoms. The van der Waals surface area contributed by atoms with E-state index in [0.717, 1.165) is 38.8 Å². The van der Waals surface area contributed by atoms with Crippen LogP contribution in [0.4, 0.5) is 0 Å². The normalized spacial score (nSPS) is 35.3. The van der Waals surface area contributed by atoms with E-state index in [1.54, 1.807) is 0 Å². The van der Waals surface area contributed by atoms with Gasteiger partial charge in [-0.1, -0.05) is 0 Å². The van der Waals surface area contributed by atoms with Crippen LogP contribution in [0.2, 0.25) is 0 Å². The molecule has 0 aromatic carbocycles. The van der Waals surface area contributed by atoms with Crippen LogP contribution in [0.5, 0.6) is 0 Å². The molecule has 0 aliphatic carbocycles. The van der Waals surface area contributed by atoms with Gasteiger partial charge in [-0.25, -0.2) is 0 Å². The van der Waals surface area contributed by atoms with Crippen LogP contribution in [0.3, 0.4) is 0 Å². The summed E-state index contributed by atoms with van der Waals surface area (Å²) in [7, 11) is 0.